The molecule has 0 aliphatic rings. The number of sulfonamides is 1. The molecule has 7 heteroatoms. The van der Waals surface area contributed by atoms with Gasteiger partial charge in [-0.05, 0) is 36.1 Å². The smallest absolute Gasteiger partial charge is 0.404 e. The minimum Gasteiger partial charge on any atom is -0.465 e. The van der Waals surface area contributed by atoms with Gasteiger partial charge in [0, 0.05) is 13.1 Å². The van der Waals surface area contributed by atoms with Crippen LogP contribution < -0.4 is 10.0 Å². The maximum absolute atomic E-state index is 12.2. The Morgan fingerprint density at radius 1 is 0.875 bits per heavy atom. The van der Waals surface area contributed by atoms with Crippen molar-refractivity contribution in [2.24, 2.45) is 0 Å². The molecule has 2 rings (SSSR count). The van der Waals surface area contributed by atoms with E-state index in [2.05, 4.69) is 10.0 Å². The van der Waals surface area contributed by atoms with Gasteiger partial charge in [-0.25, -0.2) is 17.9 Å². The molecule has 0 heterocycles. The average molecular weight is 348 g/mol. The molecule has 3 N–H and O–H groups in total. The number of hydrogen-bond acceptors (Lipinski definition) is 3. The maximum atomic E-state index is 12.2. The second-order valence-corrected chi connectivity index (χ2v) is 6.99. The van der Waals surface area contributed by atoms with E-state index in [-0.39, 0.29) is 11.4 Å². The SMILES string of the molecule is O=C(O)NCCCCNS(=O)(=O)c1ccc(-c2ccccc2)cc1. The summed E-state index contributed by atoms with van der Waals surface area (Å²) >= 11 is 0. The number of carboxylic acid groups (broad SMARTS) is 1. The molecule has 0 aliphatic carbocycles. The monoisotopic (exact) mass is 348 g/mol. The molecule has 24 heavy (non-hydrogen) atoms. The minimum absolute atomic E-state index is 0.214. The van der Waals surface area contributed by atoms with Gasteiger partial charge in [0.15, 0.2) is 0 Å². The lowest BCUT2D eigenvalue weighted by molar-refractivity contribution is 0.194. The minimum atomic E-state index is -3.55. The van der Waals surface area contributed by atoms with Gasteiger partial charge in [-0.15, -0.1) is 0 Å². The molecule has 0 unspecified atom stereocenters. The van der Waals surface area contributed by atoms with Crippen LogP contribution in [-0.4, -0.2) is 32.7 Å². The summed E-state index contributed by atoms with van der Waals surface area (Å²) in [7, 11) is -3.55. The van der Waals surface area contributed by atoms with Gasteiger partial charge in [-0.3, -0.25) is 0 Å². The largest absolute Gasteiger partial charge is 0.465 e. The third-order valence-electron chi connectivity index (χ3n) is 3.44. The van der Waals surface area contributed by atoms with Gasteiger partial charge in [0.05, 0.1) is 4.90 Å². The van der Waals surface area contributed by atoms with Crippen molar-refractivity contribution in [2.75, 3.05) is 13.1 Å². The standard InChI is InChI=1S/C17H20N2O4S/c20-17(21)18-12-4-5-13-19-24(22,23)16-10-8-15(9-11-16)14-6-2-1-3-7-14/h1-3,6-11,18-19H,4-5,12-13H2,(H,20,21). The maximum Gasteiger partial charge on any atom is 0.404 e. The number of carbonyl (C=O) groups is 1. The summed E-state index contributed by atoms with van der Waals surface area (Å²) in [5, 5.41) is 10.7. The molecule has 0 bridgehead atoms. The Morgan fingerprint density at radius 2 is 1.46 bits per heavy atom. The van der Waals surface area contributed by atoms with E-state index in [9.17, 15) is 13.2 Å². The quantitative estimate of drug-likeness (QED) is 0.639. The van der Waals surface area contributed by atoms with Crippen molar-refractivity contribution >= 4 is 16.1 Å². The van der Waals surface area contributed by atoms with Gasteiger partial charge in [-0.1, -0.05) is 42.5 Å². The topological polar surface area (TPSA) is 95.5 Å². The van der Waals surface area contributed by atoms with Gasteiger partial charge in [0.2, 0.25) is 10.0 Å². The van der Waals surface area contributed by atoms with E-state index in [0.717, 1.165) is 11.1 Å². The molecule has 0 fully saturated rings. The molecule has 1 amide bonds. The van der Waals surface area contributed by atoms with Crippen LogP contribution in [0.15, 0.2) is 59.5 Å². The van der Waals surface area contributed by atoms with Crippen LogP contribution in [0.5, 0.6) is 0 Å². The van der Waals surface area contributed by atoms with Crippen molar-refractivity contribution in [1.82, 2.24) is 10.0 Å². The predicted octanol–water partition coefficient (Wildman–Crippen LogP) is 2.68. The first-order valence-electron chi connectivity index (χ1n) is 7.61. The number of rotatable bonds is 8. The fourth-order valence-electron chi connectivity index (χ4n) is 2.19. The van der Waals surface area contributed by atoms with Crippen molar-refractivity contribution in [3.63, 3.8) is 0 Å². The summed E-state index contributed by atoms with van der Waals surface area (Å²) in [4.78, 5) is 10.5. The highest BCUT2D eigenvalue weighted by atomic mass is 32.2. The molecule has 0 aromatic heterocycles. The third kappa shape index (κ3) is 5.36. The van der Waals surface area contributed by atoms with Crippen molar-refractivity contribution in [2.45, 2.75) is 17.7 Å². The molecule has 0 spiro atoms. The highest BCUT2D eigenvalue weighted by molar-refractivity contribution is 7.89. The van der Waals surface area contributed by atoms with Crippen LogP contribution in [0.2, 0.25) is 0 Å². The van der Waals surface area contributed by atoms with E-state index >= 15 is 0 Å². The zero-order chi connectivity index (χ0) is 17.4. The van der Waals surface area contributed by atoms with Crippen LogP contribution in [0.3, 0.4) is 0 Å². The number of benzene rings is 2. The summed E-state index contributed by atoms with van der Waals surface area (Å²) in [5.74, 6) is 0. The second-order valence-electron chi connectivity index (χ2n) is 5.23. The van der Waals surface area contributed by atoms with E-state index in [1.54, 1.807) is 24.3 Å². The first kappa shape index (κ1) is 18.0. The Balaban J connectivity index is 1.89. The summed E-state index contributed by atoms with van der Waals surface area (Å²) in [5.41, 5.74) is 1.98. The normalized spacial score (nSPS) is 11.2. The van der Waals surface area contributed by atoms with Crippen LogP contribution >= 0.6 is 0 Å². The lowest BCUT2D eigenvalue weighted by Crippen LogP contribution is -2.26. The molecule has 0 saturated carbocycles. The number of nitrogens with one attached hydrogen (secondary N) is 2. The average Bonchev–Trinajstić information content (AvgIpc) is 2.58. The van der Waals surface area contributed by atoms with Crippen LogP contribution in [0.4, 0.5) is 4.79 Å². The summed E-state index contributed by atoms with van der Waals surface area (Å²) in [6, 6.07) is 16.4. The number of hydrogen-bond donors (Lipinski definition) is 3. The molecule has 6 nitrogen and oxygen atoms in total. The zero-order valence-corrected chi connectivity index (χ0v) is 13.9. The Hall–Kier alpha value is -2.38. The first-order valence-corrected chi connectivity index (χ1v) is 9.09. The van der Waals surface area contributed by atoms with E-state index in [4.69, 9.17) is 5.11 Å². The lowest BCUT2D eigenvalue weighted by Gasteiger charge is -2.08. The Morgan fingerprint density at radius 3 is 2.08 bits per heavy atom. The molecule has 128 valence electrons. The Labute approximate surface area is 141 Å². The molecule has 0 atom stereocenters. The highest BCUT2D eigenvalue weighted by Gasteiger charge is 2.13. The van der Waals surface area contributed by atoms with Crippen LogP contribution in [0.1, 0.15) is 12.8 Å². The Kier molecular flexibility index (Phi) is 6.34. The van der Waals surface area contributed by atoms with Crippen molar-refractivity contribution in [3.8, 4) is 11.1 Å². The van der Waals surface area contributed by atoms with Crippen LogP contribution in [0, 0.1) is 0 Å². The van der Waals surface area contributed by atoms with Gasteiger partial charge >= 0.3 is 6.09 Å². The van der Waals surface area contributed by atoms with Crippen LogP contribution in [0.25, 0.3) is 11.1 Å². The number of amides is 1. The van der Waals surface area contributed by atoms with Gasteiger partial charge in [0.25, 0.3) is 0 Å². The third-order valence-corrected chi connectivity index (χ3v) is 4.92. The predicted molar refractivity (Wildman–Crippen MR) is 92.3 cm³/mol. The van der Waals surface area contributed by atoms with E-state index in [0.29, 0.717) is 19.4 Å². The molecule has 0 saturated heterocycles. The van der Waals surface area contributed by atoms with Gasteiger partial charge in [0.1, 0.15) is 0 Å². The summed E-state index contributed by atoms with van der Waals surface area (Å²) < 4.78 is 26.9. The first-order chi connectivity index (χ1) is 11.5. The molecule has 2 aromatic carbocycles. The van der Waals surface area contributed by atoms with Gasteiger partial charge in [-0.2, -0.15) is 0 Å². The highest BCUT2D eigenvalue weighted by Crippen LogP contribution is 2.20. The second kappa shape index (κ2) is 8.47. The van der Waals surface area contributed by atoms with E-state index < -0.39 is 16.1 Å². The fourth-order valence-corrected chi connectivity index (χ4v) is 3.27. The van der Waals surface area contributed by atoms with E-state index in [1.165, 1.54) is 0 Å². The Bertz CT molecular complexity index is 759. The summed E-state index contributed by atoms with van der Waals surface area (Å²) in [6.45, 7) is 0.576. The molecule has 0 radical (unpaired) electrons. The van der Waals surface area contributed by atoms with E-state index in [1.807, 2.05) is 30.3 Å². The molecule has 2 aromatic rings. The van der Waals surface area contributed by atoms with Crippen LogP contribution in [-0.2, 0) is 10.0 Å². The molecular formula is C17H20N2O4S. The summed E-state index contributed by atoms with van der Waals surface area (Å²) in [6.07, 6.45) is 0.0534. The van der Waals surface area contributed by atoms with Crippen molar-refractivity contribution < 1.29 is 18.3 Å². The number of unbranched alkanes of at least 4 members (excludes halogenated alkanes) is 1. The van der Waals surface area contributed by atoms with Crippen molar-refractivity contribution in [1.29, 1.82) is 0 Å². The molecule has 0 aliphatic heterocycles. The zero-order valence-electron chi connectivity index (χ0n) is 13.1. The van der Waals surface area contributed by atoms with Gasteiger partial charge < -0.3 is 10.4 Å². The lowest BCUT2D eigenvalue weighted by atomic mass is 10.1. The molecular weight excluding hydrogens is 328 g/mol. The van der Waals surface area contributed by atoms with Crippen molar-refractivity contribution in [3.05, 3.63) is 54.6 Å². The fraction of sp³-hybridized carbons (Fsp3) is 0.235.